The Balaban J connectivity index is -0.000000845. The van der Waals surface area contributed by atoms with Crippen molar-refractivity contribution in [2.24, 2.45) is 0 Å². The Morgan fingerprint density at radius 3 is 1.93 bits per heavy atom. The Hall–Kier alpha value is 1.07. The number of nitrogens with zero attached hydrogens (tertiary/aromatic N) is 1. The summed E-state index contributed by atoms with van der Waals surface area (Å²) >= 11 is 0. The molecule has 0 heterocycles. The first kappa shape index (κ1) is 18.4. The van der Waals surface area contributed by atoms with Gasteiger partial charge in [0, 0.05) is 6.54 Å². The van der Waals surface area contributed by atoms with Crippen LogP contribution in [0, 0.1) is 0 Å². The van der Waals surface area contributed by atoms with Gasteiger partial charge in [0.1, 0.15) is 0 Å². The summed E-state index contributed by atoms with van der Waals surface area (Å²) in [6.07, 6.45) is 4.96. The molecule has 0 rings (SSSR count). The number of unbranched alkanes of at least 4 members (excludes halogenated alkanes) is 2. The van der Waals surface area contributed by atoms with Gasteiger partial charge in [-0.25, -0.2) is 0 Å². The van der Waals surface area contributed by atoms with Crippen LogP contribution in [0.4, 0.5) is 0 Å². The molecule has 0 bridgehead atoms. The van der Waals surface area contributed by atoms with Crippen molar-refractivity contribution in [3.05, 3.63) is 0 Å². The fourth-order valence-electron chi connectivity index (χ4n) is 1.35. The van der Waals surface area contributed by atoms with Crippen molar-refractivity contribution in [3.63, 3.8) is 0 Å². The number of carboxylic acids is 1. The summed E-state index contributed by atoms with van der Waals surface area (Å²) in [5, 5.41) is 8.59. The van der Waals surface area contributed by atoms with Crippen LogP contribution in [0.3, 0.4) is 0 Å². The monoisotopic (exact) mass is 241 g/mol. The van der Waals surface area contributed by atoms with Crippen LogP contribution in [-0.2, 0) is 4.79 Å². The van der Waals surface area contributed by atoms with Crippen molar-refractivity contribution in [1.29, 1.82) is 0 Å². The summed E-state index contributed by atoms with van der Waals surface area (Å²) in [6.45, 7) is 7.12. The minimum absolute atomic E-state index is 0. The molecule has 0 aliphatic heterocycles. The molecule has 0 aliphatic carbocycles. The first-order valence-corrected chi connectivity index (χ1v) is 5.64. The van der Waals surface area contributed by atoms with Crippen molar-refractivity contribution in [3.8, 4) is 0 Å². The van der Waals surface area contributed by atoms with Crippen LogP contribution in [0.5, 0.6) is 0 Å². The average molecular weight is 241 g/mol. The van der Waals surface area contributed by atoms with Gasteiger partial charge in [-0.2, -0.15) is 0 Å². The molecule has 4 heteroatoms. The standard InChI is InChI=1S/C11H23NO2.K.H/c1-3-5-8-12(9-6-4-2)10-7-11(13)14;;/h3-10H2,1-2H3,(H,13,14);;/q;+1;-1. The van der Waals surface area contributed by atoms with Gasteiger partial charge in [0.15, 0.2) is 0 Å². The molecule has 0 radical (unpaired) electrons. The molecule has 0 aliphatic rings. The van der Waals surface area contributed by atoms with Crippen molar-refractivity contribution in [2.45, 2.75) is 46.0 Å². The molecular weight excluding hydrogens is 217 g/mol. The predicted molar refractivity (Wildman–Crippen MR) is 59.6 cm³/mol. The van der Waals surface area contributed by atoms with Crippen molar-refractivity contribution < 1.29 is 62.7 Å². The molecule has 0 saturated carbocycles. The molecule has 0 aromatic carbocycles. The van der Waals surface area contributed by atoms with Gasteiger partial charge in [-0.1, -0.05) is 26.7 Å². The Bertz CT molecular complexity index is 151. The van der Waals surface area contributed by atoms with Gasteiger partial charge in [0.25, 0.3) is 0 Å². The summed E-state index contributed by atoms with van der Waals surface area (Å²) in [7, 11) is 0. The van der Waals surface area contributed by atoms with E-state index < -0.39 is 5.97 Å². The molecule has 3 nitrogen and oxygen atoms in total. The van der Waals surface area contributed by atoms with Gasteiger partial charge in [0.2, 0.25) is 0 Å². The molecule has 0 unspecified atom stereocenters. The van der Waals surface area contributed by atoms with Crippen LogP contribution in [0.15, 0.2) is 0 Å². The summed E-state index contributed by atoms with van der Waals surface area (Å²) in [6, 6.07) is 0. The third-order valence-corrected chi connectivity index (χ3v) is 2.30. The van der Waals surface area contributed by atoms with Crippen LogP contribution < -0.4 is 51.4 Å². The van der Waals surface area contributed by atoms with E-state index in [4.69, 9.17) is 5.11 Å². The first-order valence-electron chi connectivity index (χ1n) is 5.64. The SMILES string of the molecule is CCCCN(CCCC)CCC(=O)O.[H-].[K+]. The summed E-state index contributed by atoms with van der Waals surface area (Å²) in [4.78, 5) is 12.7. The maximum absolute atomic E-state index is 10.4. The minimum Gasteiger partial charge on any atom is -1.00 e. The summed E-state index contributed by atoms with van der Waals surface area (Å²) < 4.78 is 0. The van der Waals surface area contributed by atoms with E-state index in [0.29, 0.717) is 6.54 Å². The van der Waals surface area contributed by atoms with Gasteiger partial charge >= 0.3 is 57.4 Å². The second kappa shape index (κ2) is 13.1. The fraction of sp³-hybridized carbons (Fsp3) is 0.909. The molecule has 0 spiro atoms. The van der Waals surface area contributed by atoms with Crippen LogP contribution >= 0.6 is 0 Å². The molecule has 86 valence electrons. The maximum Gasteiger partial charge on any atom is 1.00 e. The number of hydrogen-bond acceptors (Lipinski definition) is 2. The van der Waals surface area contributed by atoms with Crippen molar-refractivity contribution in [1.82, 2.24) is 4.90 Å². The molecule has 0 amide bonds. The zero-order valence-corrected chi connectivity index (χ0v) is 13.6. The van der Waals surface area contributed by atoms with E-state index in [1.807, 2.05) is 0 Å². The molecule has 15 heavy (non-hydrogen) atoms. The van der Waals surface area contributed by atoms with E-state index in [-0.39, 0.29) is 59.2 Å². The number of aliphatic carboxylic acids is 1. The molecule has 0 atom stereocenters. The fourth-order valence-corrected chi connectivity index (χ4v) is 1.35. The number of carboxylic acid groups (broad SMARTS) is 1. The Morgan fingerprint density at radius 2 is 1.60 bits per heavy atom. The smallest absolute Gasteiger partial charge is 1.00 e. The predicted octanol–water partition coefficient (Wildman–Crippen LogP) is -0.520. The third-order valence-electron chi connectivity index (χ3n) is 2.30. The normalized spacial score (nSPS) is 10.1. The van der Waals surface area contributed by atoms with E-state index in [1.54, 1.807) is 0 Å². The Labute approximate surface area is 138 Å². The number of hydrogen-bond donors (Lipinski definition) is 1. The third kappa shape index (κ3) is 13.0. The van der Waals surface area contributed by atoms with Gasteiger partial charge in [-0.15, -0.1) is 0 Å². The topological polar surface area (TPSA) is 40.5 Å². The largest absolute Gasteiger partial charge is 1.00 e. The van der Waals surface area contributed by atoms with Crippen LogP contribution in [0.1, 0.15) is 47.4 Å². The molecular formula is C11H24KNO2. The number of carbonyl (C=O) groups is 1. The number of rotatable bonds is 9. The van der Waals surface area contributed by atoms with Gasteiger partial charge in [-0.05, 0) is 25.9 Å². The van der Waals surface area contributed by atoms with E-state index in [1.165, 1.54) is 25.7 Å². The van der Waals surface area contributed by atoms with Crippen LogP contribution in [0.2, 0.25) is 0 Å². The second-order valence-electron chi connectivity index (χ2n) is 3.69. The Morgan fingerprint density at radius 1 is 1.13 bits per heavy atom. The zero-order valence-electron chi connectivity index (χ0n) is 11.5. The Kier molecular flexibility index (Phi) is 16.1. The van der Waals surface area contributed by atoms with Gasteiger partial charge in [0.05, 0.1) is 6.42 Å². The summed E-state index contributed by atoms with van der Waals surface area (Å²) in [5.74, 6) is -0.692. The first-order chi connectivity index (χ1) is 6.70. The molecule has 0 aromatic heterocycles. The molecule has 0 fully saturated rings. The maximum atomic E-state index is 10.4. The molecule has 0 saturated heterocycles. The second-order valence-corrected chi connectivity index (χ2v) is 3.69. The van der Waals surface area contributed by atoms with Gasteiger partial charge in [-0.3, -0.25) is 4.79 Å². The molecule has 1 N–H and O–H groups in total. The zero-order chi connectivity index (χ0) is 10.8. The van der Waals surface area contributed by atoms with Crippen LogP contribution in [-0.4, -0.2) is 35.6 Å². The van der Waals surface area contributed by atoms with Gasteiger partial charge < -0.3 is 11.4 Å². The van der Waals surface area contributed by atoms with Crippen LogP contribution in [0.25, 0.3) is 0 Å². The van der Waals surface area contributed by atoms with E-state index in [9.17, 15) is 4.79 Å². The molecule has 0 aromatic rings. The van der Waals surface area contributed by atoms with E-state index in [0.717, 1.165) is 13.1 Å². The van der Waals surface area contributed by atoms with E-state index in [2.05, 4.69) is 18.7 Å². The minimum atomic E-state index is -0.692. The van der Waals surface area contributed by atoms with Crippen molar-refractivity contribution >= 4 is 5.97 Å². The van der Waals surface area contributed by atoms with E-state index >= 15 is 0 Å². The summed E-state index contributed by atoms with van der Waals surface area (Å²) in [5.41, 5.74) is 0. The van der Waals surface area contributed by atoms with Crippen molar-refractivity contribution in [2.75, 3.05) is 19.6 Å². The average Bonchev–Trinajstić information content (AvgIpc) is 2.16. The quantitative estimate of drug-likeness (QED) is 0.552.